The number of hydrogen-bond donors (Lipinski definition) is 1. The second-order valence-electron chi connectivity index (χ2n) is 7.13. The predicted molar refractivity (Wildman–Crippen MR) is 125 cm³/mol. The zero-order valence-corrected chi connectivity index (χ0v) is 18.3. The van der Waals surface area contributed by atoms with Crippen LogP contribution in [0.15, 0.2) is 89.8 Å². The summed E-state index contributed by atoms with van der Waals surface area (Å²) in [4.78, 5) is 11.7. The lowest BCUT2D eigenvalue weighted by atomic mass is 10.0. The lowest BCUT2D eigenvalue weighted by Crippen LogP contribution is -2.12. The SMILES string of the molecule is COC(=O)c1ccc(-c2ccc(NS(=O)(=O)c3ccc4cc(OC)ccc4c3)cc2)cc1. The van der Waals surface area contributed by atoms with Gasteiger partial charge in [0.25, 0.3) is 10.0 Å². The molecule has 4 aromatic rings. The molecule has 4 rings (SSSR count). The van der Waals surface area contributed by atoms with E-state index in [4.69, 9.17) is 9.47 Å². The number of rotatable bonds is 6. The molecule has 0 unspecified atom stereocenters. The number of esters is 1. The Morgan fingerprint density at radius 1 is 0.750 bits per heavy atom. The molecule has 0 atom stereocenters. The molecule has 0 heterocycles. The molecule has 6 nitrogen and oxygen atoms in total. The molecule has 0 aliphatic heterocycles. The summed E-state index contributed by atoms with van der Waals surface area (Å²) in [7, 11) is -0.820. The Labute approximate surface area is 186 Å². The maximum atomic E-state index is 12.9. The molecule has 0 radical (unpaired) electrons. The van der Waals surface area contributed by atoms with Crippen molar-refractivity contribution in [3.05, 3.63) is 90.5 Å². The largest absolute Gasteiger partial charge is 0.497 e. The second kappa shape index (κ2) is 8.72. The highest BCUT2D eigenvalue weighted by molar-refractivity contribution is 7.92. The van der Waals surface area contributed by atoms with E-state index >= 15 is 0 Å². The van der Waals surface area contributed by atoms with E-state index in [-0.39, 0.29) is 4.90 Å². The summed E-state index contributed by atoms with van der Waals surface area (Å²) >= 11 is 0. The van der Waals surface area contributed by atoms with Gasteiger partial charge in [0.15, 0.2) is 0 Å². The Kier molecular flexibility index (Phi) is 5.83. The lowest BCUT2D eigenvalue weighted by molar-refractivity contribution is 0.0600. The predicted octanol–water partition coefficient (Wildman–Crippen LogP) is 5.10. The molecule has 0 saturated carbocycles. The van der Waals surface area contributed by atoms with Crippen molar-refractivity contribution >= 4 is 32.5 Å². The van der Waals surface area contributed by atoms with Crippen LogP contribution in [0.5, 0.6) is 5.75 Å². The van der Waals surface area contributed by atoms with Crippen LogP contribution >= 0.6 is 0 Å². The van der Waals surface area contributed by atoms with E-state index < -0.39 is 16.0 Å². The van der Waals surface area contributed by atoms with Gasteiger partial charge in [0.1, 0.15) is 5.75 Å². The monoisotopic (exact) mass is 447 g/mol. The highest BCUT2D eigenvalue weighted by Crippen LogP contribution is 2.26. The molecule has 0 spiro atoms. The van der Waals surface area contributed by atoms with Gasteiger partial charge in [0.05, 0.1) is 24.7 Å². The van der Waals surface area contributed by atoms with Crippen LogP contribution in [0.1, 0.15) is 10.4 Å². The van der Waals surface area contributed by atoms with E-state index in [1.54, 1.807) is 55.6 Å². The quantitative estimate of drug-likeness (QED) is 0.416. The van der Waals surface area contributed by atoms with Crippen LogP contribution in [0.25, 0.3) is 21.9 Å². The van der Waals surface area contributed by atoms with E-state index in [2.05, 4.69) is 4.72 Å². The number of benzene rings is 4. The van der Waals surface area contributed by atoms with Crippen LogP contribution in [-0.2, 0) is 14.8 Å². The zero-order chi connectivity index (χ0) is 22.7. The summed E-state index contributed by atoms with van der Waals surface area (Å²) in [6.07, 6.45) is 0. The zero-order valence-electron chi connectivity index (χ0n) is 17.5. The molecule has 0 bridgehead atoms. The smallest absolute Gasteiger partial charge is 0.337 e. The van der Waals surface area contributed by atoms with E-state index in [1.807, 2.05) is 36.4 Å². The lowest BCUT2D eigenvalue weighted by Gasteiger charge is -2.10. The maximum absolute atomic E-state index is 12.9. The first-order valence-corrected chi connectivity index (χ1v) is 11.3. The van der Waals surface area contributed by atoms with Gasteiger partial charge in [-0.15, -0.1) is 0 Å². The molecule has 1 N–H and O–H groups in total. The van der Waals surface area contributed by atoms with E-state index in [0.717, 1.165) is 21.9 Å². The van der Waals surface area contributed by atoms with Gasteiger partial charge in [-0.1, -0.05) is 36.4 Å². The van der Waals surface area contributed by atoms with Gasteiger partial charge >= 0.3 is 5.97 Å². The molecule has 0 saturated heterocycles. The Bertz CT molecular complexity index is 1380. The fourth-order valence-electron chi connectivity index (χ4n) is 3.36. The van der Waals surface area contributed by atoms with Gasteiger partial charge in [-0.3, -0.25) is 4.72 Å². The number of carbonyl (C=O) groups excluding carboxylic acids is 1. The van der Waals surface area contributed by atoms with Crippen molar-refractivity contribution in [3.63, 3.8) is 0 Å². The van der Waals surface area contributed by atoms with E-state index in [9.17, 15) is 13.2 Å². The highest BCUT2D eigenvalue weighted by atomic mass is 32.2. The van der Waals surface area contributed by atoms with Crippen molar-refractivity contribution in [1.29, 1.82) is 0 Å². The third-order valence-electron chi connectivity index (χ3n) is 5.11. The van der Waals surface area contributed by atoms with Crippen LogP contribution in [0.4, 0.5) is 5.69 Å². The molecule has 0 aromatic heterocycles. The summed E-state index contributed by atoms with van der Waals surface area (Å²) in [5.74, 6) is 0.320. The Morgan fingerprint density at radius 2 is 1.34 bits per heavy atom. The third-order valence-corrected chi connectivity index (χ3v) is 6.48. The first-order valence-electron chi connectivity index (χ1n) is 9.79. The summed E-state index contributed by atoms with van der Waals surface area (Å²) in [6, 6.07) is 24.5. The number of anilines is 1. The number of methoxy groups -OCH3 is 2. The topological polar surface area (TPSA) is 81.7 Å². The molecular formula is C25H21NO5S. The summed E-state index contributed by atoms with van der Waals surface area (Å²) in [5.41, 5.74) is 2.71. The second-order valence-corrected chi connectivity index (χ2v) is 8.81. The average molecular weight is 448 g/mol. The number of ether oxygens (including phenoxy) is 2. The molecule has 4 aromatic carbocycles. The van der Waals surface area contributed by atoms with Crippen LogP contribution in [0.2, 0.25) is 0 Å². The minimum absolute atomic E-state index is 0.178. The first kappa shape index (κ1) is 21.4. The number of sulfonamides is 1. The van der Waals surface area contributed by atoms with Gasteiger partial charge in [0, 0.05) is 5.69 Å². The summed E-state index contributed by atoms with van der Waals surface area (Å²) in [6.45, 7) is 0. The normalized spacial score (nSPS) is 11.2. The summed E-state index contributed by atoms with van der Waals surface area (Å²) < 4.78 is 38.3. The van der Waals surface area contributed by atoms with Crippen LogP contribution in [-0.4, -0.2) is 28.6 Å². The third kappa shape index (κ3) is 4.43. The van der Waals surface area contributed by atoms with E-state index in [1.165, 1.54) is 7.11 Å². The standard InChI is InChI=1S/C25H21NO5S/c1-30-23-13-9-21-16-24(14-10-20(21)15-23)32(28,29)26-22-11-7-18(8-12-22)17-3-5-19(6-4-17)25(27)31-2/h3-16,26H,1-2H3. The van der Waals surface area contributed by atoms with Crippen LogP contribution in [0, 0.1) is 0 Å². The number of carbonyl (C=O) groups is 1. The molecule has 0 fully saturated rings. The minimum atomic E-state index is -3.75. The fraction of sp³-hybridized carbons (Fsp3) is 0.0800. The van der Waals surface area contributed by atoms with Gasteiger partial charge in [-0.2, -0.15) is 0 Å². The number of hydrogen-bond acceptors (Lipinski definition) is 5. The average Bonchev–Trinajstić information content (AvgIpc) is 2.83. The Hall–Kier alpha value is -3.84. The van der Waals surface area contributed by atoms with Crippen molar-refractivity contribution in [1.82, 2.24) is 0 Å². The number of fused-ring (bicyclic) bond motifs is 1. The Balaban J connectivity index is 1.53. The molecular weight excluding hydrogens is 426 g/mol. The van der Waals surface area contributed by atoms with Crippen molar-refractivity contribution in [2.75, 3.05) is 18.9 Å². The van der Waals surface area contributed by atoms with Gasteiger partial charge in [-0.25, -0.2) is 13.2 Å². The van der Waals surface area contributed by atoms with Crippen LogP contribution < -0.4 is 9.46 Å². The van der Waals surface area contributed by atoms with Gasteiger partial charge in [0.2, 0.25) is 0 Å². The summed E-state index contributed by atoms with van der Waals surface area (Å²) in [5, 5.41) is 1.70. The fourth-order valence-corrected chi connectivity index (χ4v) is 4.45. The van der Waals surface area contributed by atoms with Crippen molar-refractivity contribution in [2.24, 2.45) is 0 Å². The molecule has 0 amide bonds. The van der Waals surface area contributed by atoms with Crippen molar-refractivity contribution < 1.29 is 22.7 Å². The molecule has 0 aliphatic rings. The van der Waals surface area contributed by atoms with Gasteiger partial charge in [-0.05, 0) is 70.4 Å². The van der Waals surface area contributed by atoms with Crippen molar-refractivity contribution in [3.8, 4) is 16.9 Å². The molecule has 162 valence electrons. The molecule has 32 heavy (non-hydrogen) atoms. The van der Waals surface area contributed by atoms with Gasteiger partial charge < -0.3 is 9.47 Å². The van der Waals surface area contributed by atoms with E-state index in [0.29, 0.717) is 17.0 Å². The molecule has 7 heteroatoms. The first-order chi connectivity index (χ1) is 15.4. The highest BCUT2D eigenvalue weighted by Gasteiger charge is 2.15. The molecule has 0 aliphatic carbocycles. The number of nitrogens with one attached hydrogen (secondary N) is 1. The van der Waals surface area contributed by atoms with Crippen molar-refractivity contribution in [2.45, 2.75) is 4.90 Å². The maximum Gasteiger partial charge on any atom is 0.337 e. The van der Waals surface area contributed by atoms with Crippen LogP contribution in [0.3, 0.4) is 0 Å². The minimum Gasteiger partial charge on any atom is -0.497 e. The Morgan fingerprint density at radius 3 is 1.97 bits per heavy atom.